The fourth-order valence-corrected chi connectivity index (χ4v) is 9.83. The first-order valence-electron chi connectivity index (χ1n) is 13.6. The van der Waals surface area contributed by atoms with Crippen LogP contribution < -0.4 is 0 Å². The number of hydrogen-bond acceptors (Lipinski definition) is 4. The molecule has 0 aromatic carbocycles. The Balaban J connectivity index is 1.72. The molecule has 2 saturated heterocycles. The summed E-state index contributed by atoms with van der Waals surface area (Å²) in [5.74, 6) is 0. The maximum Gasteiger partial charge on any atom is 0.0482 e. The Morgan fingerprint density at radius 2 is 0.909 bits per heavy atom. The van der Waals surface area contributed by atoms with Crippen LogP contribution in [0.15, 0.2) is 0 Å². The molecule has 0 bridgehead atoms. The van der Waals surface area contributed by atoms with Gasteiger partial charge in [0.05, 0.1) is 0 Å². The maximum absolute atomic E-state index is 13.2. The molecular formula is C27H52O4S2. The lowest BCUT2D eigenvalue weighted by molar-refractivity contribution is 0.147. The van der Waals surface area contributed by atoms with Crippen molar-refractivity contribution in [3.8, 4) is 0 Å². The summed E-state index contributed by atoms with van der Waals surface area (Å²) < 4.78 is 26.3. The topological polar surface area (TPSA) is 74.6 Å². The fourth-order valence-electron chi connectivity index (χ4n) is 5.55. The van der Waals surface area contributed by atoms with Crippen LogP contribution in [0.5, 0.6) is 0 Å². The highest BCUT2D eigenvalue weighted by molar-refractivity contribution is 7.86. The number of rotatable bonds is 14. The van der Waals surface area contributed by atoms with E-state index in [0.29, 0.717) is 21.0 Å². The van der Waals surface area contributed by atoms with Gasteiger partial charge in [-0.3, -0.25) is 8.42 Å². The van der Waals surface area contributed by atoms with Crippen LogP contribution in [0.25, 0.3) is 0 Å². The summed E-state index contributed by atoms with van der Waals surface area (Å²) >= 11 is 0. The molecule has 0 aliphatic carbocycles. The molecular weight excluding hydrogens is 452 g/mol. The van der Waals surface area contributed by atoms with Gasteiger partial charge in [-0.1, -0.05) is 59.8 Å². The molecule has 2 aliphatic rings. The lowest BCUT2D eigenvalue weighted by Gasteiger charge is -2.31. The minimum absolute atomic E-state index is 0.0297. The Hall–Kier alpha value is 0.220. The van der Waals surface area contributed by atoms with E-state index in [1.807, 2.05) is 0 Å². The van der Waals surface area contributed by atoms with Gasteiger partial charge in [-0.2, -0.15) is 0 Å². The minimum atomic E-state index is -0.741. The van der Waals surface area contributed by atoms with Crippen molar-refractivity contribution < 1.29 is 18.6 Å². The molecule has 6 atom stereocenters. The Kier molecular flexibility index (Phi) is 12.6. The lowest BCUT2D eigenvalue weighted by atomic mass is 9.87. The number of hydrogen-bond donors (Lipinski definition) is 2. The second-order valence-electron chi connectivity index (χ2n) is 12.4. The van der Waals surface area contributed by atoms with E-state index in [2.05, 4.69) is 27.7 Å². The van der Waals surface area contributed by atoms with E-state index in [4.69, 9.17) is 0 Å². The normalized spacial score (nSPS) is 31.6. The number of aliphatic hydroxyl groups is 2. The molecule has 6 unspecified atom stereocenters. The predicted molar refractivity (Wildman–Crippen MR) is 142 cm³/mol. The van der Waals surface area contributed by atoms with Crippen LogP contribution in [0.3, 0.4) is 0 Å². The summed E-state index contributed by atoms with van der Waals surface area (Å²) in [5.41, 5.74) is -0.0593. The fraction of sp³-hybridized carbons (Fsp3) is 1.00. The van der Waals surface area contributed by atoms with Crippen molar-refractivity contribution in [2.24, 2.45) is 10.8 Å². The molecule has 0 spiro atoms. The zero-order valence-electron chi connectivity index (χ0n) is 21.9. The van der Waals surface area contributed by atoms with Gasteiger partial charge in [-0.05, 0) is 75.0 Å². The van der Waals surface area contributed by atoms with Gasteiger partial charge in [0.15, 0.2) is 0 Å². The zero-order chi connectivity index (χ0) is 24.5. The molecule has 2 aliphatic heterocycles. The molecule has 2 heterocycles. The quantitative estimate of drug-likeness (QED) is 0.310. The lowest BCUT2D eigenvalue weighted by Crippen LogP contribution is -2.33. The van der Waals surface area contributed by atoms with E-state index >= 15 is 0 Å². The highest BCUT2D eigenvalue weighted by Crippen LogP contribution is 2.34. The van der Waals surface area contributed by atoms with Crippen molar-refractivity contribution in [2.45, 2.75) is 145 Å². The molecule has 0 amide bonds. The Bertz CT molecular complexity index is 567. The first-order valence-corrected chi connectivity index (χ1v) is 16.1. The average Bonchev–Trinajstić information content (AvgIpc) is 2.78. The first kappa shape index (κ1) is 29.5. The Morgan fingerprint density at radius 1 is 0.606 bits per heavy atom. The van der Waals surface area contributed by atoms with Gasteiger partial charge >= 0.3 is 0 Å². The summed E-state index contributed by atoms with van der Waals surface area (Å²) in [6.07, 6.45) is 16.0. The van der Waals surface area contributed by atoms with E-state index in [1.165, 1.54) is 12.8 Å². The van der Waals surface area contributed by atoms with E-state index in [1.54, 1.807) is 0 Å². The van der Waals surface area contributed by atoms with Crippen molar-refractivity contribution in [1.29, 1.82) is 0 Å². The first-order chi connectivity index (χ1) is 15.6. The molecule has 0 radical (unpaired) electrons. The van der Waals surface area contributed by atoms with Crippen LogP contribution in [-0.4, -0.2) is 52.8 Å². The Morgan fingerprint density at radius 3 is 1.21 bits per heavy atom. The Labute approximate surface area is 209 Å². The van der Waals surface area contributed by atoms with E-state index < -0.39 is 21.6 Å². The minimum Gasteiger partial charge on any atom is -0.396 e. The molecule has 2 N–H and O–H groups in total. The van der Waals surface area contributed by atoms with Crippen LogP contribution in [0.4, 0.5) is 0 Å². The van der Waals surface area contributed by atoms with Crippen LogP contribution in [0.2, 0.25) is 0 Å². The van der Waals surface area contributed by atoms with Crippen LogP contribution >= 0.6 is 0 Å². The molecule has 0 aromatic rings. The monoisotopic (exact) mass is 504 g/mol. The van der Waals surface area contributed by atoms with Gasteiger partial charge in [0.2, 0.25) is 0 Å². The third-order valence-corrected chi connectivity index (χ3v) is 12.6. The summed E-state index contributed by atoms with van der Waals surface area (Å²) in [5, 5.41) is 20.2. The van der Waals surface area contributed by atoms with Crippen molar-refractivity contribution >= 4 is 21.6 Å². The maximum atomic E-state index is 13.2. The van der Waals surface area contributed by atoms with E-state index in [0.717, 1.165) is 83.5 Å². The molecule has 0 aromatic heterocycles. The van der Waals surface area contributed by atoms with Crippen LogP contribution in [0, 0.1) is 10.8 Å². The molecule has 6 heteroatoms. The summed E-state index contributed by atoms with van der Waals surface area (Å²) in [6.45, 7) is 8.83. The van der Waals surface area contributed by atoms with Crippen LogP contribution in [-0.2, 0) is 21.6 Å². The molecule has 4 nitrogen and oxygen atoms in total. The second kappa shape index (κ2) is 14.1. The van der Waals surface area contributed by atoms with E-state index in [-0.39, 0.29) is 24.0 Å². The number of aliphatic hydroxyl groups excluding tert-OH is 2. The predicted octanol–water partition coefficient (Wildman–Crippen LogP) is 5.87. The summed E-state index contributed by atoms with van der Waals surface area (Å²) in [7, 11) is -1.48. The van der Waals surface area contributed by atoms with E-state index in [9.17, 15) is 18.6 Å². The SMILES string of the molecule is CC(C)(CO)CCCC1CCCC(CCCC2CCCC(CCCC(C)(C)CO)S2=O)S1=O. The molecule has 33 heavy (non-hydrogen) atoms. The van der Waals surface area contributed by atoms with Crippen molar-refractivity contribution in [2.75, 3.05) is 13.2 Å². The van der Waals surface area contributed by atoms with Crippen molar-refractivity contribution in [3.63, 3.8) is 0 Å². The van der Waals surface area contributed by atoms with Gasteiger partial charge in [-0.25, -0.2) is 0 Å². The second-order valence-corrected chi connectivity index (χ2v) is 16.3. The van der Waals surface area contributed by atoms with Gasteiger partial charge in [0.1, 0.15) is 0 Å². The van der Waals surface area contributed by atoms with Gasteiger partial charge < -0.3 is 10.2 Å². The van der Waals surface area contributed by atoms with Gasteiger partial charge in [0, 0.05) is 55.8 Å². The van der Waals surface area contributed by atoms with Crippen LogP contribution in [0.1, 0.15) is 124 Å². The average molecular weight is 505 g/mol. The van der Waals surface area contributed by atoms with Crippen molar-refractivity contribution in [1.82, 2.24) is 0 Å². The summed E-state index contributed by atoms with van der Waals surface area (Å²) in [4.78, 5) is 0. The molecule has 2 fully saturated rings. The highest BCUT2D eigenvalue weighted by atomic mass is 32.2. The van der Waals surface area contributed by atoms with Gasteiger partial charge in [0.25, 0.3) is 0 Å². The summed E-state index contributed by atoms with van der Waals surface area (Å²) in [6, 6.07) is 0. The standard InChI is InChI=1S/C27H52O4S2/c1-26(2,20-28)18-8-16-24-14-6-12-22(32(24)30)10-5-11-23-13-7-15-25(33(23)31)17-9-19-27(3,4)21-29/h22-25,28-29H,5-21H2,1-4H3. The molecule has 2 rings (SSSR count). The van der Waals surface area contributed by atoms with Gasteiger partial charge in [-0.15, -0.1) is 0 Å². The largest absolute Gasteiger partial charge is 0.396 e. The smallest absolute Gasteiger partial charge is 0.0482 e. The van der Waals surface area contributed by atoms with Crippen molar-refractivity contribution in [3.05, 3.63) is 0 Å². The molecule has 0 saturated carbocycles. The highest BCUT2D eigenvalue weighted by Gasteiger charge is 2.32. The molecule has 196 valence electrons. The third kappa shape index (κ3) is 10.0. The zero-order valence-corrected chi connectivity index (χ0v) is 23.5. The third-order valence-electron chi connectivity index (χ3n) is 8.09.